The molecule has 2 nitrogen and oxygen atoms in total. The van der Waals surface area contributed by atoms with Crippen LogP contribution in [0.25, 0.3) is 0 Å². The first kappa shape index (κ1) is 27.2. The lowest BCUT2D eigenvalue weighted by atomic mass is 9.92. The Labute approximate surface area is 214 Å². The predicted molar refractivity (Wildman–Crippen MR) is 162 cm³/mol. The normalized spacial score (nSPS) is 16.3. The second-order valence-corrected chi connectivity index (χ2v) is 20.5. The molecule has 0 saturated carbocycles. The van der Waals surface area contributed by atoms with E-state index in [-0.39, 0.29) is 0 Å². The molecule has 2 atom stereocenters. The van der Waals surface area contributed by atoms with Gasteiger partial charge in [-0.15, -0.1) is 17.6 Å². The maximum atomic E-state index is 4.59. The van der Waals surface area contributed by atoms with E-state index < -0.39 is 7.73 Å². The van der Waals surface area contributed by atoms with Crippen molar-refractivity contribution in [2.24, 2.45) is 0 Å². The molecule has 0 fully saturated rings. The third kappa shape index (κ3) is 4.82. The van der Waals surface area contributed by atoms with Gasteiger partial charge in [0.2, 0.25) is 0 Å². The molecule has 1 heterocycles. The van der Waals surface area contributed by atoms with Crippen LogP contribution in [0.15, 0.2) is 60.4 Å². The molecule has 3 rings (SSSR count). The summed E-state index contributed by atoms with van der Waals surface area (Å²) in [5.74, 6) is 1.73. The summed E-state index contributed by atoms with van der Waals surface area (Å²) < 4.78 is 5.21. The van der Waals surface area contributed by atoms with Crippen LogP contribution >= 0.6 is 17.6 Å². The van der Waals surface area contributed by atoms with Gasteiger partial charge >= 0.3 is 7.73 Å². The van der Waals surface area contributed by atoms with Crippen LogP contribution in [-0.2, 0) is 0 Å². The van der Waals surface area contributed by atoms with Crippen LogP contribution in [0.2, 0.25) is 0 Å². The summed E-state index contributed by atoms with van der Waals surface area (Å²) in [6.45, 7) is 25.3. The van der Waals surface area contributed by atoms with Crippen LogP contribution in [0.1, 0.15) is 108 Å². The topological polar surface area (TPSA) is 6.48 Å². The van der Waals surface area contributed by atoms with Gasteiger partial charge < -0.3 is 9.13 Å². The van der Waals surface area contributed by atoms with Crippen LogP contribution in [0.4, 0.5) is 11.4 Å². The fourth-order valence-electron chi connectivity index (χ4n) is 5.20. The molecule has 1 aliphatic rings. The molecule has 0 N–H and O–H groups in total. The molecule has 0 bridgehead atoms. The van der Waals surface area contributed by atoms with Gasteiger partial charge in [0.25, 0.3) is 0 Å². The maximum Gasteiger partial charge on any atom is 0.312 e. The Bertz CT molecular complexity index is 1050. The number of para-hydroxylation sites is 2. The van der Waals surface area contributed by atoms with Gasteiger partial charge in [-0.1, -0.05) is 98.4 Å². The van der Waals surface area contributed by atoms with Crippen LogP contribution in [0, 0.1) is 0 Å². The second-order valence-electron chi connectivity index (χ2n) is 10.9. The zero-order valence-electron chi connectivity index (χ0n) is 22.6. The molecule has 34 heavy (non-hydrogen) atoms. The monoisotopic (exact) mass is 510 g/mol. The Hall–Kier alpha value is -1.40. The summed E-state index contributed by atoms with van der Waals surface area (Å²) in [6.07, 6.45) is 2.28. The van der Waals surface area contributed by atoms with Crippen molar-refractivity contribution in [3.63, 3.8) is 0 Å². The van der Waals surface area contributed by atoms with Crippen LogP contribution in [-0.4, -0.2) is 7.73 Å². The average Bonchev–Trinajstić information content (AvgIpc) is 2.72. The molecule has 0 saturated heterocycles. The third-order valence-corrected chi connectivity index (χ3v) is 12.5. The van der Waals surface area contributed by atoms with Crippen LogP contribution < -0.4 is 9.13 Å². The van der Waals surface area contributed by atoms with Crippen molar-refractivity contribution >= 4 is 36.7 Å². The van der Waals surface area contributed by atoms with E-state index in [1.807, 2.05) is 0 Å². The van der Waals surface area contributed by atoms with Crippen LogP contribution in [0.3, 0.4) is 0 Å². The number of rotatable bonds is 6. The van der Waals surface area contributed by atoms with E-state index in [0.717, 1.165) is 5.70 Å². The van der Waals surface area contributed by atoms with E-state index in [4.69, 9.17) is 0 Å². The van der Waals surface area contributed by atoms with Crippen molar-refractivity contribution in [2.75, 3.05) is 9.13 Å². The molecule has 0 aromatic heterocycles. The highest BCUT2D eigenvalue weighted by Gasteiger charge is 2.46. The molecule has 0 radical (unpaired) electrons. The predicted octanol–water partition coefficient (Wildman–Crippen LogP) is 9.11. The zero-order chi connectivity index (χ0) is 25.5. The summed E-state index contributed by atoms with van der Waals surface area (Å²) in [5, 5.41) is 0. The fourth-order valence-corrected chi connectivity index (χ4v) is 11.6. The van der Waals surface area contributed by atoms with Gasteiger partial charge in [-0.2, -0.15) is 0 Å². The fraction of sp³-hybridized carbons (Fsp3) is 0.448. The molecule has 5 heteroatoms. The van der Waals surface area contributed by atoms with Crippen molar-refractivity contribution in [2.45, 2.75) is 86.0 Å². The highest BCUT2D eigenvalue weighted by molar-refractivity contribution is 8.01. The van der Waals surface area contributed by atoms with Crippen molar-refractivity contribution in [1.29, 1.82) is 0 Å². The average molecular weight is 511 g/mol. The molecule has 0 aliphatic carbocycles. The highest BCUT2D eigenvalue weighted by Crippen LogP contribution is 2.51. The van der Waals surface area contributed by atoms with E-state index in [0.29, 0.717) is 23.7 Å². The number of hydrogen-bond donors (Lipinski definition) is 0. The van der Waals surface area contributed by atoms with E-state index >= 15 is 0 Å². The molecular formula is C29H44N2P2Si. The summed E-state index contributed by atoms with van der Waals surface area (Å²) in [4.78, 5) is 0. The molecular weight excluding hydrogens is 466 g/mol. The van der Waals surface area contributed by atoms with E-state index in [1.165, 1.54) is 39.3 Å². The maximum absolute atomic E-state index is 4.59. The van der Waals surface area contributed by atoms with Crippen molar-refractivity contribution in [3.05, 3.63) is 82.7 Å². The standard InChI is InChI=1S/C29H44N2P2Si/c1-18(2)24-13-11-14-25(19(3)4)28(24)30-22(9)17-23(10)31(34(30,32)33)29-26(20(5)6)15-12-16-27(29)21(7)8/h11-21H,9,32-33H2,1-8,10H3. The number of benzene rings is 2. The molecule has 0 spiro atoms. The summed E-state index contributed by atoms with van der Waals surface area (Å²) >= 11 is 0. The lowest BCUT2D eigenvalue weighted by Gasteiger charge is -2.52. The summed E-state index contributed by atoms with van der Waals surface area (Å²) in [6, 6.07) is 13.7. The number of allylic oxidation sites excluding steroid dienone is 2. The van der Waals surface area contributed by atoms with Crippen molar-refractivity contribution < 1.29 is 0 Å². The van der Waals surface area contributed by atoms with Gasteiger partial charge in [0.15, 0.2) is 0 Å². The van der Waals surface area contributed by atoms with Crippen LogP contribution in [0.5, 0.6) is 0 Å². The van der Waals surface area contributed by atoms with Gasteiger partial charge in [-0.25, -0.2) is 0 Å². The Morgan fingerprint density at radius 3 is 1.29 bits per heavy atom. The minimum absolute atomic E-state index is 0.427. The largest absolute Gasteiger partial charge is 0.347 e. The number of anilines is 2. The summed E-state index contributed by atoms with van der Waals surface area (Å²) in [5.41, 5.74) is 10.7. The molecule has 2 aromatic rings. The van der Waals surface area contributed by atoms with Gasteiger partial charge in [0, 0.05) is 22.8 Å². The SMILES string of the molecule is C=C1C=C(C)N(c2c(C(C)C)cccc2C(C)C)[Si](P)(P)N1c1c(C(C)C)cccc1C(C)C. The Morgan fingerprint density at radius 2 is 0.971 bits per heavy atom. The first-order valence-corrected chi connectivity index (χ1v) is 18.1. The second kappa shape index (κ2) is 10.3. The minimum Gasteiger partial charge on any atom is -0.347 e. The Kier molecular flexibility index (Phi) is 8.23. The van der Waals surface area contributed by atoms with Crippen molar-refractivity contribution in [3.8, 4) is 0 Å². The van der Waals surface area contributed by atoms with E-state index in [9.17, 15) is 0 Å². The van der Waals surface area contributed by atoms with E-state index in [2.05, 4.69) is 138 Å². The molecule has 2 aromatic carbocycles. The molecule has 184 valence electrons. The smallest absolute Gasteiger partial charge is 0.312 e. The first-order chi connectivity index (χ1) is 15.8. The molecule has 1 aliphatic heterocycles. The van der Waals surface area contributed by atoms with E-state index in [1.54, 1.807) is 0 Å². The first-order valence-electron chi connectivity index (χ1n) is 12.6. The lowest BCUT2D eigenvalue weighted by molar-refractivity contribution is 0.824. The Morgan fingerprint density at radius 1 is 0.647 bits per heavy atom. The van der Waals surface area contributed by atoms with Gasteiger partial charge in [0.05, 0.1) is 0 Å². The third-order valence-electron chi connectivity index (χ3n) is 6.86. The Balaban J connectivity index is 2.38. The lowest BCUT2D eigenvalue weighted by Crippen LogP contribution is -2.60. The van der Waals surface area contributed by atoms with Gasteiger partial charge in [-0.3, -0.25) is 0 Å². The number of hydrogen-bond acceptors (Lipinski definition) is 2. The minimum atomic E-state index is -2.43. The molecule has 0 amide bonds. The van der Waals surface area contributed by atoms with Gasteiger partial charge in [0.1, 0.15) is 0 Å². The van der Waals surface area contributed by atoms with Gasteiger partial charge in [-0.05, 0) is 58.9 Å². The zero-order valence-corrected chi connectivity index (χ0v) is 25.9. The summed E-state index contributed by atoms with van der Waals surface area (Å²) in [7, 11) is 4.18. The van der Waals surface area contributed by atoms with Crippen molar-refractivity contribution in [1.82, 2.24) is 0 Å². The number of nitrogens with zero attached hydrogens (tertiary/aromatic N) is 2. The molecule has 2 unspecified atom stereocenters. The quantitative estimate of drug-likeness (QED) is 0.282. The highest BCUT2D eigenvalue weighted by atomic mass is 31.6.